The molecule has 1 aromatic rings. The third-order valence-corrected chi connectivity index (χ3v) is 2.13. The van der Waals surface area contributed by atoms with Crippen molar-refractivity contribution in [1.29, 1.82) is 0 Å². The molecule has 0 fully saturated rings. The van der Waals surface area contributed by atoms with Gasteiger partial charge in [0.25, 0.3) is 0 Å². The lowest BCUT2D eigenvalue weighted by molar-refractivity contribution is 0.447. The minimum atomic E-state index is -0.174. The number of aromatic amines is 1. The normalized spacial score (nSPS) is 13.1. The standard InChI is InChI=1S/C8H16N4O/c1-2-3-4-7(5-9)12-6-10-11-8(12)13/h6-7H,2-5,9H2,1H3,(H,11,13). The molecule has 1 heterocycles. The quantitative estimate of drug-likeness (QED) is 0.689. The van der Waals surface area contributed by atoms with Crippen molar-refractivity contribution in [2.75, 3.05) is 6.54 Å². The number of hydrogen-bond acceptors (Lipinski definition) is 3. The van der Waals surface area contributed by atoms with Gasteiger partial charge in [0, 0.05) is 6.54 Å². The predicted molar refractivity (Wildman–Crippen MR) is 50.5 cm³/mol. The van der Waals surface area contributed by atoms with Crippen molar-refractivity contribution in [3.63, 3.8) is 0 Å². The summed E-state index contributed by atoms with van der Waals surface area (Å²) in [6.45, 7) is 2.60. The molecule has 0 aromatic carbocycles. The summed E-state index contributed by atoms with van der Waals surface area (Å²) < 4.78 is 1.57. The average molecular weight is 184 g/mol. The van der Waals surface area contributed by atoms with Gasteiger partial charge in [-0.1, -0.05) is 19.8 Å². The Morgan fingerprint density at radius 1 is 1.77 bits per heavy atom. The van der Waals surface area contributed by atoms with Crippen LogP contribution in [0.4, 0.5) is 0 Å². The molecule has 0 aliphatic carbocycles. The van der Waals surface area contributed by atoms with Crippen molar-refractivity contribution in [1.82, 2.24) is 14.8 Å². The summed E-state index contributed by atoms with van der Waals surface area (Å²) in [5.74, 6) is 0. The van der Waals surface area contributed by atoms with Crippen molar-refractivity contribution in [3.8, 4) is 0 Å². The van der Waals surface area contributed by atoms with Crippen molar-refractivity contribution in [2.45, 2.75) is 32.2 Å². The molecule has 1 unspecified atom stereocenters. The lowest BCUT2D eigenvalue weighted by Gasteiger charge is -2.13. The first-order chi connectivity index (χ1) is 6.29. The average Bonchev–Trinajstić information content (AvgIpc) is 2.54. The first kappa shape index (κ1) is 9.98. The Bertz CT molecular complexity index is 290. The van der Waals surface area contributed by atoms with Crippen LogP contribution in [0.3, 0.4) is 0 Å². The zero-order valence-corrected chi connectivity index (χ0v) is 7.86. The summed E-state index contributed by atoms with van der Waals surface area (Å²) in [7, 11) is 0. The Hall–Kier alpha value is -1.10. The maximum atomic E-state index is 11.2. The van der Waals surface area contributed by atoms with E-state index in [2.05, 4.69) is 17.1 Å². The van der Waals surface area contributed by atoms with Gasteiger partial charge >= 0.3 is 5.69 Å². The molecule has 0 bridgehead atoms. The lowest BCUT2D eigenvalue weighted by Crippen LogP contribution is -2.27. The Kier molecular flexibility index (Phi) is 3.70. The molecule has 0 spiro atoms. The number of aromatic nitrogens is 3. The van der Waals surface area contributed by atoms with E-state index in [0.717, 1.165) is 19.3 Å². The van der Waals surface area contributed by atoms with Gasteiger partial charge in [0.05, 0.1) is 6.04 Å². The van der Waals surface area contributed by atoms with Crippen LogP contribution in [0.25, 0.3) is 0 Å². The van der Waals surface area contributed by atoms with Crippen LogP contribution in [0.5, 0.6) is 0 Å². The molecule has 5 heteroatoms. The minimum absolute atomic E-state index is 0.0891. The van der Waals surface area contributed by atoms with E-state index in [9.17, 15) is 4.79 Å². The summed E-state index contributed by atoms with van der Waals surface area (Å²) >= 11 is 0. The minimum Gasteiger partial charge on any atom is -0.328 e. The Morgan fingerprint density at radius 2 is 2.54 bits per heavy atom. The van der Waals surface area contributed by atoms with E-state index >= 15 is 0 Å². The van der Waals surface area contributed by atoms with Crippen LogP contribution in [0, 0.1) is 0 Å². The number of nitrogens with one attached hydrogen (secondary N) is 1. The molecule has 0 saturated carbocycles. The number of nitrogens with two attached hydrogens (primary N) is 1. The lowest BCUT2D eigenvalue weighted by atomic mass is 10.1. The first-order valence-electron chi connectivity index (χ1n) is 4.61. The highest BCUT2D eigenvalue weighted by Gasteiger charge is 2.10. The molecule has 13 heavy (non-hydrogen) atoms. The van der Waals surface area contributed by atoms with Gasteiger partial charge in [0.1, 0.15) is 6.33 Å². The summed E-state index contributed by atoms with van der Waals surface area (Å²) in [5, 5.41) is 6.03. The summed E-state index contributed by atoms with van der Waals surface area (Å²) in [6, 6.07) is 0.0891. The second-order valence-electron chi connectivity index (χ2n) is 3.10. The third kappa shape index (κ3) is 2.42. The van der Waals surface area contributed by atoms with Crippen LogP contribution in [-0.2, 0) is 0 Å². The molecular formula is C8H16N4O. The molecule has 5 nitrogen and oxygen atoms in total. The van der Waals surface area contributed by atoms with Crippen LogP contribution in [0.2, 0.25) is 0 Å². The van der Waals surface area contributed by atoms with Crippen molar-refractivity contribution in [3.05, 3.63) is 16.8 Å². The SMILES string of the molecule is CCCCC(CN)n1cn[nH]c1=O. The topological polar surface area (TPSA) is 76.7 Å². The molecule has 1 atom stereocenters. The predicted octanol–water partition coefficient (Wildman–Crippen LogP) is 0.261. The molecule has 0 aliphatic heterocycles. The molecule has 1 aromatic heterocycles. The maximum absolute atomic E-state index is 11.2. The van der Waals surface area contributed by atoms with Crippen LogP contribution in [-0.4, -0.2) is 21.3 Å². The Balaban J connectivity index is 2.67. The van der Waals surface area contributed by atoms with E-state index in [1.165, 1.54) is 6.33 Å². The van der Waals surface area contributed by atoms with Gasteiger partial charge in [-0.2, -0.15) is 5.10 Å². The van der Waals surface area contributed by atoms with E-state index < -0.39 is 0 Å². The molecule has 3 N–H and O–H groups in total. The third-order valence-electron chi connectivity index (χ3n) is 2.13. The number of H-pyrrole nitrogens is 1. The number of nitrogens with zero attached hydrogens (tertiary/aromatic N) is 2. The second kappa shape index (κ2) is 4.81. The maximum Gasteiger partial charge on any atom is 0.343 e. The van der Waals surface area contributed by atoms with Gasteiger partial charge in [-0.25, -0.2) is 9.89 Å². The molecule has 74 valence electrons. The van der Waals surface area contributed by atoms with E-state index in [1.54, 1.807) is 4.57 Å². The van der Waals surface area contributed by atoms with Crippen LogP contribution in [0.15, 0.2) is 11.1 Å². The molecule has 0 saturated heterocycles. The molecule has 0 aliphatic rings. The summed E-state index contributed by atoms with van der Waals surface area (Å²) in [6.07, 6.45) is 4.64. The fourth-order valence-corrected chi connectivity index (χ4v) is 1.33. The van der Waals surface area contributed by atoms with Gasteiger partial charge in [-0.05, 0) is 6.42 Å². The zero-order chi connectivity index (χ0) is 9.68. The van der Waals surface area contributed by atoms with Crippen LogP contribution >= 0.6 is 0 Å². The van der Waals surface area contributed by atoms with E-state index in [-0.39, 0.29) is 11.7 Å². The summed E-state index contributed by atoms with van der Waals surface area (Å²) in [4.78, 5) is 11.2. The van der Waals surface area contributed by atoms with Gasteiger partial charge in [-0.15, -0.1) is 0 Å². The summed E-state index contributed by atoms with van der Waals surface area (Å²) in [5.41, 5.74) is 5.40. The molecule has 0 amide bonds. The molecule has 1 rings (SSSR count). The number of unbranched alkanes of at least 4 members (excludes halogenated alkanes) is 1. The largest absolute Gasteiger partial charge is 0.343 e. The first-order valence-corrected chi connectivity index (χ1v) is 4.61. The number of rotatable bonds is 5. The molecular weight excluding hydrogens is 168 g/mol. The van der Waals surface area contributed by atoms with Gasteiger partial charge in [-0.3, -0.25) is 4.57 Å². The molecule has 0 radical (unpaired) electrons. The zero-order valence-electron chi connectivity index (χ0n) is 7.86. The van der Waals surface area contributed by atoms with E-state index in [1.807, 2.05) is 0 Å². The van der Waals surface area contributed by atoms with Crippen LogP contribution in [0.1, 0.15) is 32.2 Å². The highest BCUT2D eigenvalue weighted by atomic mass is 16.1. The highest BCUT2D eigenvalue weighted by Crippen LogP contribution is 2.10. The van der Waals surface area contributed by atoms with Crippen molar-refractivity contribution >= 4 is 0 Å². The Labute approximate surface area is 76.9 Å². The second-order valence-corrected chi connectivity index (χ2v) is 3.10. The van der Waals surface area contributed by atoms with Crippen molar-refractivity contribution in [2.24, 2.45) is 5.73 Å². The monoisotopic (exact) mass is 184 g/mol. The van der Waals surface area contributed by atoms with Gasteiger partial charge in [0.2, 0.25) is 0 Å². The fourth-order valence-electron chi connectivity index (χ4n) is 1.33. The van der Waals surface area contributed by atoms with E-state index in [0.29, 0.717) is 6.54 Å². The van der Waals surface area contributed by atoms with Gasteiger partial charge < -0.3 is 5.73 Å². The van der Waals surface area contributed by atoms with E-state index in [4.69, 9.17) is 5.73 Å². The smallest absolute Gasteiger partial charge is 0.328 e. The Morgan fingerprint density at radius 3 is 3.00 bits per heavy atom. The fraction of sp³-hybridized carbons (Fsp3) is 0.750. The number of hydrogen-bond donors (Lipinski definition) is 2. The highest BCUT2D eigenvalue weighted by molar-refractivity contribution is 4.74. The van der Waals surface area contributed by atoms with Crippen molar-refractivity contribution < 1.29 is 0 Å². The van der Waals surface area contributed by atoms with Gasteiger partial charge in [0.15, 0.2) is 0 Å². The van der Waals surface area contributed by atoms with Crippen LogP contribution < -0.4 is 11.4 Å².